The van der Waals surface area contributed by atoms with Crippen molar-refractivity contribution in [2.75, 3.05) is 19.8 Å². The van der Waals surface area contributed by atoms with E-state index in [9.17, 15) is 23.8 Å². The molecule has 11 nitrogen and oxygen atoms in total. The molecule has 1 unspecified atom stereocenters. The molecule has 0 spiro atoms. The fraction of sp³-hybridized carbons (Fsp3) is 0.658. The molecule has 3 atom stereocenters. The molecule has 286 valence electrons. The largest absolute Gasteiger partial charge is 0.480 e. The average molecular weight is 726 g/mol. The van der Waals surface area contributed by atoms with Gasteiger partial charge in [-0.2, -0.15) is 0 Å². The molecule has 0 radical (unpaired) electrons. The van der Waals surface area contributed by atoms with Gasteiger partial charge in [0.05, 0.1) is 13.2 Å². The quantitative estimate of drug-likeness (QED) is 0.0194. The third-order valence-electron chi connectivity index (χ3n) is 7.34. The third-order valence-corrected chi connectivity index (χ3v) is 8.29. The van der Waals surface area contributed by atoms with Crippen LogP contribution in [0.25, 0.3) is 0 Å². The Morgan fingerprint density at radius 1 is 0.640 bits per heavy atom. The summed E-state index contributed by atoms with van der Waals surface area (Å²) in [6, 6.07) is -1.53. The Kier molecular flexibility index (Phi) is 31.5. The molecule has 0 aliphatic heterocycles. The smallest absolute Gasteiger partial charge is 0.472 e. The summed E-state index contributed by atoms with van der Waals surface area (Å²) in [5.74, 6) is -2.43. The lowest BCUT2D eigenvalue weighted by molar-refractivity contribution is -0.161. The molecule has 0 saturated carbocycles. The van der Waals surface area contributed by atoms with Gasteiger partial charge in [-0.25, -0.2) is 4.57 Å². The molecule has 0 aliphatic rings. The van der Waals surface area contributed by atoms with Crippen molar-refractivity contribution < 1.29 is 47.5 Å². The fourth-order valence-electron chi connectivity index (χ4n) is 4.41. The van der Waals surface area contributed by atoms with Gasteiger partial charge >= 0.3 is 25.7 Å². The molecular formula is C38H64NO10P. The highest BCUT2D eigenvalue weighted by Crippen LogP contribution is 2.43. The number of hydrogen-bond acceptors (Lipinski definition) is 9. The van der Waals surface area contributed by atoms with Gasteiger partial charge in [0.15, 0.2) is 6.10 Å². The first-order valence-corrected chi connectivity index (χ1v) is 19.9. The molecule has 0 amide bonds. The Labute approximate surface area is 300 Å². The van der Waals surface area contributed by atoms with Crippen molar-refractivity contribution in [2.24, 2.45) is 5.73 Å². The molecule has 50 heavy (non-hydrogen) atoms. The van der Waals surface area contributed by atoms with Gasteiger partial charge in [-0.15, -0.1) is 0 Å². The van der Waals surface area contributed by atoms with Crippen LogP contribution in [-0.4, -0.2) is 59.9 Å². The molecule has 0 aromatic carbocycles. The van der Waals surface area contributed by atoms with Crippen molar-refractivity contribution >= 4 is 25.7 Å². The zero-order valence-electron chi connectivity index (χ0n) is 30.5. The number of carbonyl (C=O) groups excluding carboxylic acids is 2. The van der Waals surface area contributed by atoms with Gasteiger partial charge < -0.3 is 25.2 Å². The van der Waals surface area contributed by atoms with Gasteiger partial charge in [0, 0.05) is 12.8 Å². The highest BCUT2D eigenvalue weighted by Gasteiger charge is 2.28. The highest BCUT2D eigenvalue weighted by atomic mass is 31.2. The summed E-state index contributed by atoms with van der Waals surface area (Å²) < 4.78 is 32.5. The number of carboxylic acids is 1. The SMILES string of the molecule is CC/C=C/C=C/C=C/C=C/CCCCCCCC(=O)OC[C@H](COP(=O)(O)OC[C@H](N)C(=O)O)OC(=O)CCCCCCC/C=C/CCCC. The van der Waals surface area contributed by atoms with E-state index in [4.69, 9.17) is 24.8 Å². The maximum Gasteiger partial charge on any atom is 0.472 e. The van der Waals surface area contributed by atoms with E-state index in [1.807, 2.05) is 36.5 Å². The minimum absolute atomic E-state index is 0.142. The fourth-order valence-corrected chi connectivity index (χ4v) is 5.19. The van der Waals surface area contributed by atoms with Gasteiger partial charge in [0.25, 0.3) is 0 Å². The molecule has 0 aromatic heterocycles. The van der Waals surface area contributed by atoms with Crippen LogP contribution in [0.15, 0.2) is 60.8 Å². The van der Waals surface area contributed by atoms with E-state index < -0.39 is 51.1 Å². The van der Waals surface area contributed by atoms with E-state index in [0.717, 1.165) is 77.0 Å². The van der Waals surface area contributed by atoms with E-state index >= 15 is 0 Å². The first-order valence-electron chi connectivity index (χ1n) is 18.4. The van der Waals surface area contributed by atoms with Crippen molar-refractivity contribution in [2.45, 2.75) is 142 Å². The predicted molar refractivity (Wildman–Crippen MR) is 198 cm³/mol. The van der Waals surface area contributed by atoms with Gasteiger partial charge in [0.1, 0.15) is 12.6 Å². The number of esters is 2. The molecule has 0 aliphatic carbocycles. The molecule has 0 bridgehead atoms. The van der Waals surface area contributed by atoms with E-state index in [1.165, 1.54) is 12.8 Å². The van der Waals surface area contributed by atoms with Gasteiger partial charge in [-0.3, -0.25) is 23.4 Å². The summed E-state index contributed by atoms with van der Waals surface area (Å²) in [7, 11) is -4.72. The summed E-state index contributed by atoms with van der Waals surface area (Å²) in [4.78, 5) is 45.7. The number of ether oxygens (including phenoxy) is 2. The zero-order chi connectivity index (χ0) is 37.1. The number of unbranched alkanes of at least 4 members (excludes halogenated alkanes) is 12. The van der Waals surface area contributed by atoms with Crippen molar-refractivity contribution in [3.63, 3.8) is 0 Å². The standard InChI is InChI=1S/C38H64NO10P/c1-3-5-7-9-11-13-15-16-17-18-20-21-23-25-27-29-36(40)46-31-34(32-47-50(44,45)48-33-35(39)38(42)43)49-37(41)30-28-26-24-22-19-14-12-10-8-6-4-2/h5,7,9-13,15-17,34-35H,3-4,6,8,14,18-33,39H2,1-2H3,(H,42,43)(H,44,45)/b7-5+,11-9+,12-10+,15-13+,17-16+/t34-,35+/m1/s1. The molecule has 12 heteroatoms. The Hall–Kier alpha value is -2.82. The zero-order valence-corrected chi connectivity index (χ0v) is 31.4. The minimum Gasteiger partial charge on any atom is -0.480 e. The number of allylic oxidation sites excluding steroid dienone is 10. The molecule has 4 N–H and O–H groups in total. The van der Waals surface area contributed by atoms with Crippen LogP contribution in [0.3, 0.4) is 0 Å². The molecular weight excluding hydrogens is 661 g/mol. The van der Waals surface area contributed by atoms with Crippen molar-refractivity contribution in [3.8, 4) is 0 Å². The highest BCUT2D eigenvalue weighted by molar-refractivity contribution is 7.47. The number of phosphoric ester groups is 1. The van der Waals surface area contributed by atoms with Gasteiger partial charge in [0.2, 0.25) is 0 Å². The predicted octanol–water partition coefficient (Wildman–Crippen LogP) is 8.83. The van der Waals surface area contributed by atoms with Gasteiger partial charge in [-0.05, 0) is 51.4 Å². The van der Waals surface area contributed by atoms with Crippen LogP contribution in [0, 0.1) is 0 Å². The van der Waals surface area contributed by atoms with Crippen LogP contribution in [-0.2, 0) is 37.5 Å². The van der Waals surface area contributed by atoms with E-state index in [1.54, 1.807) is 0 Å². The van der Waals surface area contributed by atoms with Crippen molar-refractivity contribution in [1.29, 1.82) is 0 Å². The van der Waals surface area contributed by atoms with Crippen molar-refractivity contribution in [3.05, 3.63) is 60.8 Å². The summed E-state index contributed by atoms with van der Waals surface area (Å²) in [5, 5.41) is 8.85. The number of nitrogens with two attached hydrogens (primary N) is 1. The number of carbonyl (C=O) groups is 3. The molecule has 0 fully saturated rings. The van der Waals surface area contributed by atoms with Crippen molar-refractivity contribution in [1.82, 2.24) is 0 Å². The third kappa shape index (κ3) is 32.4. The van der Waals surface area contributed by atoms with E-state index in [2.05, 4.69) is 42.7 Å². The molecule has 0 saturated heterocycles. The second-order valence-electron chi connectivity index (χ2n) is 12.1. The average Bonchev–Trinajstić information content (AvgIpc) is 3.09. The number of hydrogen-bond donors (Lipinski definition) is 3. The molecule has 0 rings (SSSR count). The van der Waals surface area contributed by atoms with Crippen LogP contribution in [0.1, 0.15) is 129 Å². The summed E-state index contributed by atoms with van der Waals surface area (Å²) in [5.41, 5.74) is 5.31. The number of phosphoric acid groups is 1. The lowest BCUT2D eigenvalue weighted by Gasteiger charge is -2.20. The Balaban J connectivity index is 4.52. The van der Waals surface area contributed by atoms with Crippen LogP contribution < -0.4 is 5.73 Å². The first kappa shape index (κ1) is 47.2. The first-order chi connectivity index (χ1) is 24.1. The lowest BCUT2D eigenvalue weighted by atomic mass is 10.1. The molecule has 0 heterocycles. The summed E-state index contributed by atoms with van der Waals surface area (Å²) in [6.07, 6.45) is 35.8. The second-order valence-corrected chi connectivity index (χ2v) is 13.5. The normalized spacial score (nSPS) is 14.6. The van der Waals surface area contributed by atoms with Crippen LogP contribution in [0.5, 0.6) is 0 Å². The van der Waals surface area contributed by atoms with E-state index in [0.29, 0.717) is 12.8 Å². The maximum absolute atomic E-state index is 12.5. The topological polar surface area (TPSA) is 172 Å². The lowest BCUT2D eigenvalue weighted by Crippen LogP contribution is -2.34. The molecule has 0 aromatic rings. The number of carboxylic acid groups (broad SMARTS) is 1. The van der Waals surface area contributed by atoms with Crippen LogP contribution >= 0.6 is 7.82 Å². The van der Waals surface area contributed by atoms with Crippen LogP contribution in [0.2, 0.25) is 0 Å². The van der Waals surface area contributed by atoms with Gasteiger partial charge in [-0.1, -0.05) is 126 Å². The summed E-state index contributed by atoms with van der Waals surface area (Å²) in [6.45, 7) is 2.55. The minimum atomic E-state index is -4.72. The number of aliphatic carboxylic acids is 1. The Morgan fingerprint density at radius 3 is 1.74 bits per heavy atom. The Morgan fingerprint density at radius 2 is 1.14 bits per heavy atom. The number of rotatable bonds is 33. The van der Waals surface area contributed by atoms with Crippen LogP contribution in [0.4, 0.5) is 0 Å². The summed E-state index contributed by atoms with van der Waals surface area (Å²) >= 11 is 0. The monoisotopic (exact) mass is 725 g/mol. The van der Waals surface area contributed by atoms with E-state index in [-0.39, 0.29) is 19.4 Å². The Bertz CT molecular complexity index is 1090. The maximum atomic E-state index is 12.5. The second kappa shape index (κ2) is 33.3.